The van der Waals surface area contributed by atoms with Crippen LogP contribution in [-0.2, 0) is 29.1 Å². The first-order valence-corrected chi connectivity index (χ1v) is 12.8. The molecule has 0 spiro atoms. The van der Waals surface area contributed by atoms with Gasteiger partial charge in [0.1, 0.15) is 10.7 Å². The van der Waals surface area contributed by atoms with Crippen LogP contribution >= 0.6 is 0 Å². The molecule has 0 radical (unpaired) electrons. The number of hydrogen-bond acceptors (Lipinski definition) is 4. The van der Waals surface area contributed by atoms with Crippen LogP contribution in [0.5, 0.6) is 0 Å². The molecule has 0 aliphatic heterocycles. The molecule has 4 nitrogen and oxygen atoms in total. The van der Waals surface area contributed by atoms with Gasteiger partial charge < -0.3 is 0 Å². The Hall–Kier alpha value is -4.04. The fraction of sp³-hybridized carbons (Fsp3) is 0.103. The van der Waals surface area contributed by atoms with Gasteiger partial charge in [-0.15, -0.1) is 0 Å². The van der Waals surface area contributed by atoms with E-state index in [2.05, 4.69) is 9.97 Å². The summed E-state index contributed by atoms with van der Waals surface area (Å²) < 4.78 is 63.8. The van der Waals surface area contributed by atoms with Crippen molar-refractivity contribution < 1.29 is 21.6 Å². The van der Waals surface area contributed by atoms with Crippen LogP contribution in [0.1, 0.15) is 22.3 Å². The van der Waals surface area contributed by atoms with Gasteiger partial charge in [0.05, 0.1) is 16.8 Å². The zero-order valence-electron chi connectivity index (χ0n) is 19.4. The molecule has 2 aromatic heterocycles. The van der Waals surface area contributed by atoms with Gasteiger partial charge in [-0.2, -0.15) is 13.2 Å². The first kappa shape index (κ1) is 24.6. The molecule has 0 atom stereocenters. The summed E-state index contributed by atoms with van der Waals surface area (Å²) in [5.74, 6) is -0.119. The van der Waals surface area contributed by atoms with Gasteiger partial charge in [0.25, 0.3) is 0 Å². The molecular weight excluding hydrogens is 497 g/mol. The van der Waals surface area contributed by atoms with Crippen molar-refractivity contribution in [1.29, 1.82) is 0 Å². The minimum atomic E-state index is -4.54. The van der Waals surface area contributed by atoms with Crippen LogP contribution in [0.3, 0.4) is 0 Å². The highest BCUT2D eigenvalue weighted by atomic mass is 32.2. The number of halogens is 3. The van der Waals surface area contributed by atoms with Crippen LogP contribution in [0.4, 0.5) is 13.2 Å². The highest BCUT2D eigenvalue weighted by Crippen LogP contribution is 2.39. The second-order valence-electron chi connectivity index (χ2n) is 8.67. The van der Waals surface area contributed by atoms with Crippen molar-refractivity contribution >= 4 is 21.6 Å². The number of benzene rings is 3. The maximum Gasteiger partial charge on any atom is 0.418 e. The minimum Gasteiger partial charge on any atom is -0.264 e. The SMILES string of the molecule is O=[SH](=O)Cc1cncc(-c2cccc(-c3c(Cc4ccccc4)cnc4c(C(F)(F)F)cccc34)c2)c1. The predicted molar refractivity (Wildman–Crippen MR) is 139 cm³/mol. The van der Waals surface area contributed by atoms with E-state index in [0.717, 1.165) is 33.9 Å². The summed E-state index contributed by atoms with van der Waals surface area (Å²) in [7, 11) is -2.60. The number of thiol groups is 1. The Morgan fingerprint density at radius 2 is 1.49 bits per heavy atom. The fourth-order valence-corrected chi connectivity index (χ4v) is 4.99. The Bertz CT molecular complexity index is 1660. The number of pyridine rings is 2. The Balaban J connectivity index is 1.71. The first-order valence-electron chi connectivity index (χ1n) is 11.5. The molecule has 0 aliphatic carbocycles. The Morgan fingerprint density at radius 1 is 0.730 bits per heavy atom. The van der Waals surface area contributed by atoms with Crippen LogP contribution in [0.25, 0.3) is 33.2 Å². The molecule has 0 aliphatic rings. The molecule has 5 aromatic rings. The topological polar surface area (TPSA) is 59.9 Å². The monoisotopic (exact) mass is 518 g/mol. The molecule has 37 heavy (non-hydrogen) atoms. The highest BCUT2D eigenvalue weighted by Gasteiger charge is 2.33. The van der Waals surface area contributed by atoms with E-state index in [0.29, 0.717) is 22.9 Å². The van der Waals surface area contributed by atoms with Gasteiger partial charge in [-0.1, -0.05) is 60.7 Å². The Morgan fingerprint density at radius 3 is 2.24 bits per heavy atom. The smallest absolute Gasteiger partial charge is 0.264 e. The van der Waals surface area contributed by atoms with E-state index in [-0.39, 0.29) is 11.3 Å². The molecule has 0 N–H and O–H groups in total. The van der Waals surface area contributed by atoms with Gasteiger partial charge in [-0.25, -0.2) is 8.42 Å². The van der Waals surface area contributed by atoms with Crippen LogP contribution in [0.2, 0.25) is 0 Å². The van der Waals surface area contributed by atoms with E-state index in [4.69, 9.17) is 0 Å². The molecule has 0 bridgehead atoms. The van der Waals surface area contributed by atoms with Crippen molar-refractivity contribution in [2.75, 3.05) is 0 Å². The van der Waals surface area contributed by atoms with Crippen LogP contribution in [-0.4, -0.2) is 18.4 Å². The van der Waals surface area contributed by atoms with Gasteiger partial charge in [0.2, 0.25) is 0 Å². The lowest BCUT2D eigenvalue weighted by atomic mass is 9.90. The van der Waals surface area contributed by atoms with Crippen LogP contribution in [0.15, 0.2) is 97.5 Å². The van der Waals surface area contributed by atoms with Gasteiger partial charge in [-0.3, -0.25) is 9.97 Å². The first-order chi connectivity index (χ1) is 17.8. The Kier molecular flexibility index (Phi) is 6.76. The second-order valence-corrected chi connectivity index (χ2v) is 9.66. The summed E-state index contributed by atoms with van der Waals surface area (Å²) in [6.07, 6.45) is 0.622. The summed E-state index contributed by atoms with van der Waals surface area (Å²) in [6.45, 7) is 0. The molecule has 5 rings (SSSR count). The lowest BCUT2D eigenvalue weighted by Gasteiger charge is -2.17. The molecule has 0 amide bonds. The zero-order valence-corrected chi connectivity index (χ0v) is 20.3. The van der Waals surface area contributed by atoms with E-state index >= 15 is 0 Å². The number of aromatic nitrogens is 2. The average molecular weight is 519 g/mol. The van der Waals surface area contributed by atoms with Crippen molar-refractivity contribution in [3.63, 3.8) is 0 Å². The molecule has 0 saturated carbocycles. The predicted octanol–water partition coefficient (Wildman–Crippen LogP) is 6.68. The molecule has 0 unspecified atom stereocenters. The molecule has 8 heteroatoms. The lowest BCUT2D eigenvalue weighted by Crippen LogP contribution is -2.07. The van der Waals surface area contributed by atoms with Gasteiger partial charge >= 0.3 is 6.18 Å². The zero-order chi connectivity index (χ0) is 26.0. The van der Waals surface area contributed by atoms with E-state index in [9.17, 15) is 21.6 Å². The third kappa shape index (κ3) is 5.39. The molecule has 186 valence electrons. The van der Waals surface area contributed by atoms with Crippen molar-refractivity contribution in [1.82, 2.24) is 9.97 Å². The van der Waals surface area contributed by atoms with Crippen LogP contribution in [0, 0.1) is 0 Å². The summed E-state index contributed by atoms with van der Waals surface area (Å²) in [6, 6.07) is 23.0. The number of rotatable bonds is 6. The highest BCUT2D eigenvalue weighted by molar-refractivity contribution is 7.71. The molecule has 0 fully saturated rings. The summed E-state index contributed by atoms with van der Waals surface area (Å²) in [5, 5.41) is 0.413. The van der Waals surface area contributed by atoms with E-state index < -0.39 is 22.4 Å². The molecule has 3 aromatic carbocycles. The third-order valence-electron chi connectivity index (χ3n) is 6.11. The average Bonchev–Trinajstić information content (AvgIpc) is 2.88. The van der Waals surface area contributed by atoms with Crippen molar-refractivity contribution in [2.24, 2.45) is 0 Å². The number of para-hydroxylation sites is 1. The summed E-state index contributed by atoms with van der Waals surface area (Å²) >= 11 is 0. The Labute approximate surface area is 213 Å². The number of alkyl halides is 3. The normalized spacial score (nSPS) is 11.8. The molecule has 2 heterocycles. The minimum absolute atomic E-state index is 0.102. The van der Waals surface area contributed by atoms with Crippen molar-refractivity contribution in [2.45, 2.75) is 18.3 Å². The summed E-state index contributed by atoms with van der Waals surface area (Å²) in [5.41, 5.74) is 4.39. The molecular formula is C29H21F3N2O2S. The quantitative estimate of drug-likeness (QED) is 0.255. The van der Waals surface area contributed by atoms with E-state index in [1.807, 2.05) is 54.6 Å². The second kappa shape index (κ2) is 10.1. The largest absolute Gasteiger partial charge is 0.418 e. The molecule has 0 saturated heterocycles. The van der Waals surface area contributed by atoms with Crippen molar-refractivity contribution in [3.05, 3.63) is 120 Å². The number of fused-ring (bicyclic) bond motifs is 1. The lowest BCUT2D eigenvalue weighted by molar-refractivity contribution is -0.136. The third-order valence-corrected chi connectivity index (χ3v) is 6.73. The van der Waals surface area contributed by atoms with E-state index in [1.165, 1.54) is 18.5 Å². The van der Waals surface area contributed by atoms with E-state index in [1.54, 1.807) is 18.3 Å². The maximum absolute atomic E-state index is 13.8. The number of nitrogens with zero attached hydrogens (tertiary/aromatic N) is 2. The maximum atomic E-state index is 13.8. The van der Waals surface area contributed by atoms with Gasteiger partial charge in [0.15, 0.2) is 0 Å². The standard InChI is InChI=1S/C29H21F3N2O2S/c30-29(31,32)26-11-5-10-25-27(24(17-34-28(25)26)12-19-6-2-1-3-7-19)22-9-4-8-21(14-22)23-13-20(15-33-16-23)18-37(35)36/h1-11,13-17,37H,12,18H2. The van der Waals surface area contributed by atoms with Gasteiger partial charge in [0, 0.05) is 29.5 Å². The van der Waals surface area contributed by atoms with Gasteiger partial charge in [-0.05, 0) is 58.0 Å². The van der Waals surface area contributed by atoms with Crippen molar-refractivity contribution in [3.8, 4) is 22.3 Å². The fourth-order valence-electron chi connectivity index (χ4n) is 4.52. The van der Waals surface area contributed by atoms with Crippen LogP contribution < -0.4 is 0 Å². The summed E-state index contributed by atoms with van der Waals surface area (Å²) in [4.78, 5) is 8.44. The number of hydrogen-bond donors (Lipinski definition) is 1.